The minimum absolute atomic E-state index is 0.169. The molecule has 2 aromatic heterocycles. The van der Waals surface area contributed by atoms with Gasteiger partial charge in [0.1, 0.15) is 0 Å². The molecule has 0 aliphatic carbocycles. The zero-order valence-electron chi connectivity index (χ0n) is 12.4. The van der Waals surface area contributed by atoms with Gasteiger partial charge in [-0.1, -0.05) is 11.6 Å². The number of hydrogen-bond acceptors (Lipinski definition) is 5. The van der Waals surface area contributed by atoms with Crippen molar-refractivity contribution in [1.29, 1.82) is 0 Å². The molecule has 8 heteroatoms. The summed E-state index contributed by atoms with van der Waals surface area (Å²) in [4.78, 5) is 25.7. The Kier molecular flexibility index (Phi) is 3.83. The average Bonchev–Trinajstić information content (AvgIpc) is 2.83. The number of anilines is 1. The van der Waals surface area contributed by atoms with Crippen LogP contribution < -0.4 is 16.6 Å². The van der Waals surface area contributed by atoms with Crippen molar-refractivity contribution >= 4 is 44.6 Å². The molecule has 0 bridgehead atoms. The van der Waals surface area contributed by atoms with Crippen molar-refractivity contribution in [3.8, 4) is 5.69 Å². The van der Waals surface area contributed by atoms with E-state index in [2.05, 4.69) is 10.4 Å². The Bertz CT molecular complexity index is 976. The van der Waals surface area contributed by atoms with Crippen LogP contribution in [-0.4, -0.2) is 22.7 Å². The molecule has 0 saturated carbocycles. The molecule has 0 unspecified atom stereocenters. The second-order valence-electron chi connectivity index (χ2n) is 4.89. The van der Waals surface area contributed by atoms with Crippen LogP contribution in [0.2, 0.25) is 5.02 Å². The molecule has 118 valence electrons. The van der Waals surface area contributed by atoms with Crippen LogP contribution in [0.25, 0.3) is 16.5 Å². The average molecular weight is 349 g/mol. The van der Waals surface area contributed by atoms with Gasteiger partial charge in [0.2, 0.25) is 0 Å². The fourth-order valence-electron chi connectivity index (χ4n) is 2.40. The number of carbonyl (C=O) groups excluding carboxylic acids is 1. The number of benzene rings is 1. The predicted octanol–water partition coefficient (Wildman–Crippen LogP) is 2.35. The molecule has 0 spiro atoms. The van der Waals surface area contributed by atoms with E-state index in [0.29, 0.717) is 26.5 Å². The van der Waals surface area contributed by atoms with Crippen molar-refractivity contribution in [2.75, 3.05) is 12.8 Å². The molecule has 3 rings (SSSR count). The molecular weight excluding hydrogens is 336 g/mol. The minimum atomic E-state index is -0.376. The van der Waals surface area contributed by atoms with Gasteiger partial charge in [0, 0.05) is 22.3 Å². The van der Waals surface area contributed by atoms with E-state index in [0.717, 1.165) is 4.88 Å². The van der Waals surface area contributed by atoms with Crippen molar-refractivity contribution in [2.24, 2.45) is 0 Å². The Morgan fingerprint density at radius 3 is 2.57 bits per heavy atom. The van der Waals surface area contributed by atoms with Crippen molar-refractivity contribution in [3.05, 3.63) is 50.2 Å². The van der Waals surface area contributed by atoms with E-state index in [4.69, 9.17) is 17.3 Å². The summed E-state index contributed by atoms with van der Waals surface area (Å²) in [5.74, 6) is -0.376. The monoisotopic (exact) mass is 348 g/mol. The van der Waals surface area contributed by atoms with Crippen LogP contribution in [0.5, 0.6) is 0 Å². The first-order chi connectivity index (χ1) is 10.9. The predicted molar refractivity (Wildman–Crippen MR) is 92.8 cm³/mol. The highest BCUT2D eigenvalue weighted by molar-refractivity contribution is 7.17. The highest BCUT2D eigenvalue weighted by Crippen LogP contribution is 2.32. The summed E-state index contributed by atoms with van der Waals surface area (Å²) in [6.45, 7) is 1.81. The number of rotatable bonds is 2. The maximum absolute atomic E-state index is 12.8. The lowest BCUT2D eigenvalue weighted by atomic mass is 10.1. The highest BCUT2D eigenvalue weighted by atomic mass is 35.5. The minimum Gasteiger partial charge on any atom is -0.390 e. The van der Waals surface area contributed by atoms with Gasteiger partial charge in [0.15, 0.2) is 5.69 Å². The molecule has 0 aliphatic heterocycles. The maximum Gasteiger partial charge on any atom is 0.282 e. The smallest absolute Gasteiger partial charge is 0.282 e. The summed E-state index contributed by atoms with van der Waals surface area (Å²) in [6.07, 6.45) is 0. The van der Waals surface area contributed by atoms with Crippen molar-refractivity contribution in [2.45, 2.75) is 6.92 Å². The number of carbonyl (C=O) groups is 1. The van der Waals surface area contributed by atoms with Gasteiger partial charge in [0.25, 0.3) is 11.5 Å². The number of halogens is 1. The molecule has 3 N–H and O–H groups in total. The number of fused-ring (bicyclic) bond motifs is 1. The first kappa shape index (κ1) is 15.5. The van der Waals surface area contributed by atoms with Gasteiger partial charge in [-0.25, -0.2) is 0 Å². The van der Waals surface area contributed by atoms with Crippen LogP contribution in [-0.2, 0) is 0 Å². The van der Waals surface area contributed by atoms with Gasteiger partial charge < -0.3 is 11.1 Å². The van der Waals surface area contributed by atoms with Crippen molar-refractivity contribution < 1.29 is 4.79 Å². The van der Waals surface area contributed by atoms with Crippen LogP contribution in [0.15, 0.2) is 29.1 Å². The van der Waals surface area contributed by atoms with Gasteiger partial charge >= 0.3 is 0 Å². The Labute approximate surface area is 140 Å². The molecule has 0 saturated heterocycles. The van der Waals surface area contributed by atoms with E-state index in [-0.39, 0.29) is 17.2 Å². The summed E-state index contributed by atoms with van der Waals surface area (Å²) in [5.41, 5.74) is 6.30. The van der Waals surface area contributed by atoms with Gasteiger partial charge in [-0.2, -0.15) is 9.78 Å². The third-order valence-electron chi connectivity index (χ3n) is 3.47. The molecule has 0 aliphatic rings. The summed E-state index contributed by atoms with van der Waals surface area (Å²) in [6, 6.07) is 6.62. The molecule has 0 radical (unpaired) electrons. The molecule has 2 heterocycles. The van der Waals surface area contributed by atoms with E-state index in [1.807, 2.05) is 6.92 Å². The van der Waals surface area contributed by atoms with E-state index < -0.39 is 0 Å². The van der Waals surface area contributed by atoms with E-state index in [9.17, 15) is 9.59 Å². The van der Waals surface area contributed by atoms with Crippen LogP contribution in [0.3, 0.4) is 0 Å². The largest absolute Gasteiger partial charge is 0.390 e. The van der Waals surface area contributed by atoms with E-state index in [1.165, 1.54) is 23.1 Å². The van der Waals surface area contributed by atoms with Gasteiger partial charge in [-0.15, -0.1) is 11.3 Å². The number of aromatic nitrogens is 2. The summed E-state index contributed by atoms with van der Waals surface area (Å²) in [7, 11) is 1.51. The van der Waals surface area contributed by atoms with E-state index >= 15 is 0 Å². The second kappa shape index (κ2) is 5.68. The third-order valence-corrected chi connectivity index (χ3v) is 4.65. The molecule has 0 atom stereocenters. The molecule has 1 aromatic carbocycles. The Morgan fingerprint density at radius 2 is 1.96 bits per heavy atom. The van der Waals surface area contributed by atoms with Crippen LogP contribution in [0.4, 0.5) is 5.00 Å². The molecule has 6 nitrogen and oxygen atoms in total. The van der Waals surface area contributed by atoms with Crippen LogP contribution >= 0.6 is 22.9 Å². The van der Waals surface area contributed by atoms with Crippen LogP contribution in [0, 0.1) is 6.92 Å². The van der Waals surface area contributed by atoms with Crippen molar-refractivity contribution in [1.82, 2.24) is 15.1 Å². The molecular formula is C15H13ClN4O2S. The molecule has 1 amide bonds. The number of nitrogens with two attached hydrogens (primary N) is 1. The Balaban J connectivity index is 2.42. The van der Waals surface area contributed by atoms with Gasteiger partial charge in [-0.05, 0) is 31.2 Å². The number of amides is 1. The third kappa shape index (κ3) is 2.47. The number of nitrogens with one attached hydrogen (secondary N) is 1. The molecule has 3 aromatic rings. The van der Waals surface area contributed by atoms with Gasteiger partial charge in [0.05, 0.1) is 16.1 Å². The summed E-state index contributed by atoms with van der Waals surface area (Å²) in [5, 5.41) is 8.52. The topological polar surface area (TPSA) is 90.0 Å². The van der Waals surface area contributed by atoms with Crippen molar-refractivity contribution in [3.63, 3.8) is 0 Å². The number of nitrogens with zero attached hydrogens (tertiary/aromatic N) is 2. The zero-order chi connectivity index (χ0) is 16.7. The number of hydrogen-bond donors (Lipinski definition) is 2. The van der Waals surface area contributed by atoms with E-state index in [1.54, 1.807) is 24.3 Å². The summed E-state index contributed by atoms with van der Waals surface area (Å²) < 4.78 is 1.17. The quantitative estimate of drug-likeness (QED) is 0.743. The number of thiophene rings is 1. The lowest BCUT2D eigenvalue weighted by Gasteiger charge is -2.09. The lowest BCUT2D eigenvalue weighted by molar-refractivity contribution is 0.0958. The van der Waals surface area contributed by atoms with Gasteiger partial charge in [-0.3, -0.25) is 9.59 Å². The lowest BCUT2D eigenvalue weighted by Crippen LogP contribution is -2.28. The Morgan fingerprint density at radius 1 is 1.30 bits per heavy atom. The SMILES string of the molecule is CNC(=O)c1nn(-c2ccc(Cl)cc2)c(=O)c2c(N)sc(C)c12. The first-order valence-corrected chi connectivity index (χ1v) is 7.93. The summed E-state index contributed by atoms with van der Waals surface area (Å²) >= 11 is 7.14. The normalized spacial score (nSPS) is 10.9. The maximum atomic E-state index is 12.8. The standard InChI is InChI=1S/C15H13ClN4O2S/c1-7-10-11(13(17)23-7)15(22)20(19-12(10)14(21)18-2)9-5-3-8(16)4-6-9/h3-6H,17H2,1-2H3,(H,18,21). The fourth-order valence-corrected chi connectivity index (χ4v) is 3.45. The molecule has 0 fully saturated rings. The second-order valence-corrected chi connectivity index (χ2v) is 6.59. The number of nitrogen functional groups attached to an aromatic ring is 1. The fraction of sp³-hybridized carbons (Fsp3) is 0.133. The molecule has 23 heavy (non-hydrogen) atoms. The zero-order valence-corrected chi connectivity index (χ0v) is 14.0. The van der Waals surface area contributed by atoms with Crippen LogP contribution in [0.1, 0.15) is 15.4 Å². The Hall–Kier alpha value is -2.38. The first-order valence-electron chi connectivity index (χ1n) is 6.74. The highest BCUT2D eigenvalue weighted by Gasteiger charge is 2.22. The number of aryl methyl sites for hydroxylation is 1.